The lowest BCUT2D eigenvalue weighted by molar-refractivity contribution is -0.135. The van der Waals surface area contributed by atoms with Gasteiger partial charge in [-0.3, -0.25) is 4.79 Å². The van der Waals surface area contributed by atoms with Crippen LogP contribution in [0.25, 0.3) is 0 Å². The molecule has 1 amide bonds. The predicted octanol–water partition coefficient (Wildman–Crippen LogP) is 4.24. The van der Waals surface area contributed by atoms with Gasteiger partial charge in [-0.05, 0) is 42.5 Å². The van der Waals surface area contributed by atoms with Crippen LogP contribution in [0.2, 0.25) is 0 Å². The molecule has 1 unspecified atom stereocenters. The van der Waals surface area contributed by atoms with Crippen LogP contribution in [-0.2, 0) is 16.1 Å². The van der Waals surface area contributed by atoms with Crippen molar-refractivity contribution < 1.29 is 18.7 Å². The maximum absolute atomic E-state index is 13.8. The normalized spacial score (nSPS) is 16.8. The van der Waals surface area contributed by atoms with Crippen molar-refractivity contribution in [1.82, 2.24) is 4.90 Å². The third-order valence-electron chi connectivity index (χ3n) is 3.97. The Morgan fingerprint density at radius 3 is 3.00 bits per heavy atom. The standard InChI is InChI=1S/C18H19BrFNO3S/c19-13-5-6-17(16(20)9-13)24-12-18(22)21(10-14-3-1-7-23-14)11-15-4-2-8-25-15/h2,4-6,8-9,14H,1,3,7,10-12H2. The van der Waals surface area contributed by atoms with Gasteiger partial charge in [0.25, 0.3) is 5.91 Å². The van der Waals surface area contributed by atoms with Crippen LogP contribution in [0.1, 0.15) is 17.7 Å². The lowest BCUT2D eigenvalue weighted by Gasteiger charge is -2.25. The Labute approximate surface area is 158 Å². The number of ether oxygens (including phenoxy) is 2. The van der Waals surface area contributed by atoms with Crippen LogP contribution in [0, 0.1) is 5.82 Å². The summed E-state index contributed by atoms with van der Waals surface area (Å²) in [6, 6.07) is 8.46. The number of rotatable bonds is 7. The van der Waals surface area contributed by atoms with Crippen molar-refractivity contribution in [2.45, 2.75) is 25.5 Å². The van der Waals surface area contributed by atoms with Crippen LogP contribution in [0.5, 0.6) is 5.75 Å². The number of amides is 1. The number of carbonyl (C=O) groups excluding carboxylic acids is 1. The molecular weight excluding hydrogens is 409 g/mol. The second-order valence-electron chi connectivity index (χ2n) is 5.85. The average Bonchev–Trinajstić information content (AvgIpc) is 3.27. The summed E-state index contributed by atoms with van der Waals surface area (Å²) in [6.45, 7) is 1.59. The predicted molar refractivity (Wildman–Crippen MR) is 98.3 cm³/mol. The molecule has 2 heterocycles. The molecule has 1 atom stereocenters. The van der Waals surface area contributed by atoms with Gasteiger partial charge < -0.3 is 14.4 Å². The molecule has 7 heteroatoms. The molecule has 0 radical (unpaired) electrons. The highest BCUT2D eigenvalue weighted by Crippen LogP contribution is 2.22. The summed E-state index contributed by atoms with van der Waals surface area (Å²) in [4.78, 5) is 15.5. The fraction of sp³-hybridized carbons (Fsp3) is 0.389. The molecule has 0 saturated carbocycles. The molecular formula is C18H19BrFNO3S. The minimum absolute atomic E-state index is 0.0633. The molecule has 0 spiro atoms. The summed E-state index contributed by atoms with van der Waals surface area (Å²) in [5.41, 5.74) is 0. The van der Waals surface area contributed by atoms with Crippen molar-refractivity contribution in [3.63, 3.8) is 0 Å². The molecule has 2 aromatic rings. The minimum atomic E-state index is -0.494. The first-order chi connectivity index (χ1) is 12.1. The van der Waals surface area contributed by atoms with Crippen molar-refractivity contribution in [2.24, 2.45) is 0 Å². The third kappa shape index (κ3) is 5.26. The molecule has 0 aliphatic carbocycles. The Bertz CT molecular complexity index is 704. The Hall–Kier alpha value is -1.44. The van der Waals surface area contributed by atoms with Gasteiger partial charge >= 0.3 is 0 Å². The summed E-state index contributed by atoms with van der Waals surface area (Å²) >= 11 is 4.80. The van der Waals surface area contributed by atoms with Crippen LogP contribution in [0.15, 0.2) is 40.2 Å². The zero-order valence-electron chi connectivity index (χ0n) is 13.6. The number of halogens is 2. The number of benzene rings is 1. The third-order valence-corrected chi connectivity index (χ3v) is 5.33. The molecule has 1 aromatic heterocycles. The van der Waals surface area contributed by atoms with Crippen molar-refractivity contribution >= 4 is 33.2 Å². The molecule has 1 saturated heterocycles. The first kappa shape index (κ1) is 18.4. The van der Waals surface area contributed by atoms with Crippen molar-refractivity contribution in [3.05, 3.63) is 50.9 Å². The SMILES string of the molecule is O=C(COc1ccc(Br)cc1F)N(Cc1cccs1)CC1CCCO1. The van der Waals surface area contributed by atoms with E-state index in [4.69, 9.17) is 9.47 Å². The van der Waals surface area contributed by atoms with Crippen LogP contribution >= 0.6 is 27.3 Å². The van der Waals surface area contributed by atoms with Crippen LogP contribution in [0.3, 0.4) is 0 Å². The van der Waals surface area contributed by atoms with Gasteiger partial charge in [0.05, 0.1) is 12.6 Å². The number of thiophene rings is 1. The molecule has 3 rings (SSSR count). The van der Waals surface area contributed by atoms with Crippen molar-refractivity contribution in [2.75, 3.05) is 19.8 Å². The lowest BCUT2D eigenvalue weighted by atomic mass is 10.2. The molecule has 25 heavy (non-hydrogen) atoms. The Morgan fingerprint density at radius 2 is 2.32 bits per heavy atom. The highest BCUT2D eigenvalue weighted by atomic mass is 79.9. The smallest absolute Gasteiger partial charge is 0.260 e. The van der Waals surface area contributed by atoms with E-state index in [1.54, 1.807) is 22.3 Å². The fourth-order valence-corrected chi connectivity index (χ4v) is 3.75. The van der Waals surface area contributed by atoms with E-state index >= 15 is 0 Å². The van der Waals surface area contributed by atoms with Crippen molar-refractivity contribution in [3.8, 4) is 5.75 Å². The first-order valence-corrected chi connectivity index (χ1v) is 9.78. The van der Waals surface area contributed by atoms with E-state index in [-0.39, 0.29) is 24.4 Å². The second kappa shape index (κ2) is 8.78. The Kier molecular flexibility index (Phi) is 6.45. The molecule has 1 aliphatic heterocycles. The van der Waals surface area contributed by atoms with Gasteiger partial charge in [0, 0.05) is 22.5 Å². The maximum Gasteiger partial charge on any atom is 0.260 e. The van der Waals surface area contributed by atoms with E-state index in [0.717, 1.165) is 24.3 Å². The zero-order valence-corrected chi connectivity index (χ0v) is 16.0. The molecule has 134 valence electrons. The van der Waals surface area contributed by atoms with E-state index in [1.807, 2.05) is 17.5 Å². The van der Waals surface area contributed by atoms with E-state index in [0.29, 0.717) is 17.6 Å². The fourth-order valence-electron chi connectivity index (χ4n) is 2.70. The van der Waals surface area contributed by atoms with E-state index in [1.165, 1.54) is 12.1 Å². The molecule has 0 N–H and O–H groups in total. The van der Waals surface area contributed by atoms with Gasteiger partial charge in [-0.2, -0.15) is 0 Å². The average molecular weight is 428 g/mol. The quantitative estimate of drug-likeness (QED) is 0.663. The van der Waals surface area contributed by atoms with E-state index in [9.17, 15) is 9.18 Å². The number of hydrogen-bond donors (Lipinski definition) is 0. The largest absolute Gasteiger partial charge is 0.481 e. The Balaban J connectivity index is 1.62. The summed E-state index contributed by atoms with van der Waals surface area (Å²) in [5.74, 6) is -0.595. The zero-order chi connectivity index (χ0) is 17.6. The topological polar surface area (TPSA) is 38.8 Å². The van der Waals surface area contributed by atoms with Crippen LogP contribution < -0.4 is 4.74 Å². The molecule has 0 bridgehead atoms. The van der Waals surface area contributed by atoms with Crippen molar-refractivity contribution in [1.29, 1.82) is 0 Å². The highest BCUT2D eigenvalue weighted by molar-refractivity contribution is 9.10. The van der Waals surface area contributed by atoms with Gasteiger partial charge in [0.1, 0.15) is 0 Å². The number of nitrogens with zero attached hydrogens (tertiary/aromatic N) is 1. The van der Waals surface area contributed by atoms with E-state index in [2.05, 4.69) is 15.9 Å². The summed E-state index contributed by atoms with van der Waals surface area (Å²) < 4.78 is 25.5. The van der Waals surface area contributed by atoms with Gasteiger partial charge in [-0.25, -0.2) is 4.39 Å². The summed E-state index contributed by atoms with van der Waals surface area (Å²) in [5, 5.41) is 1.98. The van der Waals surface area contributed by atoms with Gasteiger partial charge in [0.2, 0.25) is 0 Å². The van der Waals surface area contributed by atoms with Crippen LogP contribution in [-0.4, -0.2) is 36.7 Å². The second-order valence-corrected chi connectivity index (χ2v) is 7.80. The molecule has 1 aliphatic rings. The number of carbonyl (C=O) groups is 1. The monoisotopic (exact) mass is 427 g/mol. The van der Waals surface area contributed by atoms with E-state index < -0.39 is 5.82 Å². The summed E-state index contributed by atoms with van der Waals surface area (Å²) in [6.07, 6.45) is 2.04. The molecule has 1 aromatic carbocycles. The van der Waals surface area contributed by atoms with Gasteiger partial charge in [0.15, 0.2) is 18.2 Å². The minimum Gasteiger partial charge on any atom is -0.481 e. The van der Waals surface area contributed by atoms with Crippen LogP contribution in [0.4, 0.5) is 4.39 Å². The Morgan fingerprint density at radius 1 is 1.44 bits per heavy atom. The van der Waals surface area contributed by atoms with Gasteiger partial charge in [-0.15, -0.1) is 11.3 Å². The highest BCUT2D eigenvalue weighted by Gasteiger charge is 2.23. The van der Waals surface area contributed by atoms with Gasteiger partial charge in [-0.1, -0.05) is 22.0 Å². The number of hydrogen-bond acceptors (Lipinski definition) is 4. The summed E-state index contributed by atoms with van der Waals surface area (Å²) in [7, 11) is 0. The lowest BCUT2D eigenvalue weighted by Crippen LogP contribution is -2.39. The first-order valence-electron chi connectivity index (χ1n) is 8.11. The maximum atomic E-state index is 13.8. The molecule has 1 fully saturated rings. The molecule has 4 nitrogen and oxygen atoms in total.